The molecule has 0 aliphatic heterocycles. The van der Waals surface area contributed by atoms with Gasteiger partial charge in [-0.2, -0.15) is 4.99 Å². The van der Waals surface area contributed by atoms with Gasteiger partial charge in [0.05, 0.1) is 11.7 Å². The third kappa shape index (κ3) is 3.99. The van der Waals surface area contributed by atoms with Crippen molar-refractivity contribution in [3.05, 3.63) is 29.8 Å². The van der Waals surface area contributed by atoms with E-state index in [1.807, 2.05) is 24.3 Å². The summed E-state index contributed by atoms with van der Waals surface area (Å²) in [5.41, 5.74) is 1.90. The predicted octanol–water partition coefficient (Wildman–Crippen LogP) is 3.09. The van der Waals surface area contributed by atoms with Crippen LogP contribution in [0.2, 0.25) is 0 Å². The maximum Gasteiger partial charge on any atom is 0.240 e. The Kier molecular flexibility index (Phi) is 4.79. The van der Waals surface area contributed by atoms with Crippen LogP contribution in [0.5, 0.6) is 0 Å². The van der Waals surface area contributed by atoms with Crippen molar-refractivity contribution < 1.29 is 9.59 Å². The summed E-state index contributed by atoms with van der Waals surface area (Å²) in [6.45, 7) is 0. The first-order chi connectivity index (χ1) is 9.31. The van der Waals surface area contributed by atoms with Gasteiger partial charge in [0.1, 0.15) is 0 Å². The molecule has 0 atom stereocenters. The van der Waals surface area contributed by atoms with E-state index in [0.717, 1.165) is 32.1 Å². The fraction of sp³-hybridized carbons (Fsp3) is 0.467. The molecule has 1 aromatic carbocycles. The zero-order chi connectivity index (χ0) is 13.5. The Labute approximate surface area is 112 Å². The summed E-state index contributed by atoms with van der Waals surface area (Å²) >= 11 is 0. The van der Waals surface area contributed by atoms with Crippen LogP contribution in [0.4, 0.5) is 5.69 Å². The summed E-state index contributed by atoms with van der Waals surface area (Å²) in [4.78, 5) is 27.7. The third-order valence-electron chi connectivity index (χ3n) is 3.69. The highest BCUT2D eigenvalue weighted by molar-refractivity contribution is 5.49. The highest BCUT2D eigenvalue weighted by Crippen LogP contribution is 2.29. The minimum absolute atomic E-state index is 0.179. The Bertz CT molecular complexity index is 503. The van der Waals surface area contributed by atoms with Gasteiger partial charge < -0.3 is 0 Å². The van der Waals surface area contributed by atoms with Crippen LogP contribution < -0.4 is 0 Å². The summed E-state index contributed by atoms with van der Waals surface area (Å²) in [6, 6.07) is 7.86. The molecule has 0 heterocycles. The molecule has 1 aromatic rings. The lowest BCUT2D eigenvalue weighted by atomic mass is 9.82. The van der Waals surface area contributed by atoms with Gasteiger partial charge in [0.2, 0.25) is 12.2 Å². The third-order valence-corrected chi connectivity index (χ3v) is 3.69. The van der Waals surface area contributed by atoms with E-state index in [0.29, 0.717) is 11.6 Å². The number of nitrogens with zero attached hydrogens (tertiary/aromatic N) is 2. The highest BCUT2D eigenvalue weighted by atomic mass is 16.1. The quantitative estimate of drug-likeness (QED) is 0.614. The highest BCUT2D eigenvalue weighted by Gasteiger charge is 2.20. The molecule has 0 radical (unpaired) electrons. The minimum atomic E-state index is 0.179. The first-order valence-electron chi connectivity index (χ1n) is 6.55. The molecule has 0 unspecified atom stereocenters. The molecule has 0 amide bonds. The molecule has 98 valence electrons. The second-order valence-electron chi connectivity index (χ2n) is 4.97. The molecule has 1 aliphatic carbocycles. The normalized spacial score (nSPS) is 22.1. The molecule has 1 aliphatic rings. The van der Waals surface area contributed by atoms with Gasteiger partial charge in [-0.25, -0.2) is 14.6 Å². The van der Waals surface area contributed by atoms with Gasteiger partial charge in [-0.05, 0) is 55.7 Å². The maximum absolute atomic E-state index is 10.2. The maximum atomic E-state index is 10.2. The molecule has 4 nitrogen and oxygen atoms in total. The molecular weight excluding hydrogens is 240 g/mol. The fourth-order valence-electron chi connectivity index (χ4n) is 2.65. The number of carbonyl (C=O) groups excluding carboxylic acids is 2. The molecule has 0 N–H and O–H groups in total. The average Bonchev–Trinajstić information content (AvgIpc) is 2.44. The van der Waals surface area contributed by atoms with Crippen LogP contribution in [-0.4, -0.2) is 18.2 Å². The lowest BCUT2D eigenvalue weighted by molar-refractivity contribution is 0.325. The number of hydrogen-bond donors (Lipinski definition) is 0. The molecule has 0 aromatic heterocycles. The standard InChI is InChI=1S/C15H16N2O2/c18-10-16-14-5-1-12(2-6-14)9-13-3-7-15(8-4-13)17-11-19/h1-2,5-6,13,15H,3-4,7-9H2. The monoisotopic (exact) mass is 256 g/mol. The van der Waals surface area contributed by atoms with Crippen LogP contribution in [0.1, 0.15) is 31.2 Å². The van der Waals surface area contributed by atoms with Gasteiger partial charge >= 0.3 is 0 Å². The lowest BCUT2D eigenvalue weighted by Gasteiger charge is -2.25. The molecule has 2 rings (SSSR count). The summed E-state index contributed by atoms with van der Waals surface area (Å²) in [5, 5.41) is 0. The summed E-state index contributed by atoms with van der Waals surface area (Å²) in [6.07, 6.45) is 8.38. The number of isocyanates is 2. The van der Waals surface area contributed by atoms with E-state index in [2.05, 4.69) is 9.98 Å². The van der Waals surface area contributed by atoms with E-state index in [4.69, 9.17) is 0 Å². The molecular formula is C15H16N2O2. The van der Waals surface area contributed by atoms with Gasteiger partial charge in [-0.1, -0.05) is 12.1 Å². The molecule has 1 fully saturated rings. The summed E-state index contributed by atoms with van der Waals surface area (Å²) in [7, 11) is 0. The van der Waals surface area contributed by atoms with Crippen LogP contribution in [0, 0.1) is 5.92 Å². The zero-order valence-corrected chi connectivity index (χ0v) is 10.7. The van der Waals surface area contributed by atoms with Crippen molar-refractivity contribution in [3.8, 4) is 0 Å². The van der Waals surface area contributed by atoms with E-state index in [1.165, 1.54) is 11.6 Å². The second kappa shape index (κ2) is 6.79. The van der Waals surface area contributed by atoms with E-state index in [1.54, 1.807) is 6.08 Å². The van der Waals surface area contributed by atoms with Gasteiger partial charge in [0, 0.05) is 0 Å². The molecule has 0 saturated heterocycles. The van der Waals surface area contributed by atoms with Gasteiger partial charge in [-0.15, -0.1) is 0 Å². The zero-order valence-electron chi connectivity index (χ0n) is 10.7. The van der Waals surface area contributed by atoms with Crippen molar-refractivity contribution >= 4 is 17.8 Å². The molecule has 4 heteroatoms. The van der Waals surface area contributed by atoms with E-state index < -0.39 is 0 Å². The van der Waals surface area contributed by atoms with E-state index in [-0.39, 0.29) is 6.04 Å². The smallest absolute Gasteiger partial charge is 0.211 e. The molecule has 0 spiro atoms. The molecule has 0 bridgehead atoms. The SMILES string of the molecule is O=C=Nc1ccc(CC2CCC(N=C=O)CC2)cc1. The minimum Gasteiger partial charge on any atom is -0.211 e. The van der Waals surface area contributed by atoms with Crippen LogP contribution >= 0.6 is 0 Å². The van der Waals surface area contributed by atoms with Crippen molar-refractivity contribution in [2.24, 2.45) is 15.9 Å². The molecule has 1 saturated carbocycles. The number of rotatable bonds is 4. The second-order valence-corrected chi connectivity index (χ2v) is 4.97. The van der Waals surface area contributed by atoms with Crippen LogP contribution in [0.15, 0.2) is 34.3 Å². The lowest BCUT2D eigenvalue weighted by Crippen LogP contribution is -2.18. The first kappa shape index (κ1) is 13.4. The largest absolute Gasteiger partial charge is 0.240 e. The topological polar surface area (TPSA) is 58.9 Å². The van der Waals surface area contributed by atoms with Crippen molar-refractivity contribution in [2.75, 3.05) is 0 Å². The fourth-order valence-corrected chi connectivity index (χ4v) is 2.65. The van der Waals surface area contributed by atoms with Gasteiger partial charge in [-0.3, -0.25) is 0 Å². The Balaban J connectivity index is 1.88. The Hall–Kier alpha value is -2.02. The van der Waals surface area contributed by atoms with Crippen molar-refractivity contribution in [1.82, 2.24) is 0 Å². The van der Waals surface area contributed by atoms with Crippen LogP contribution in [0.25, 0.3) is 0 Å². The van der Waals surface area contributed by atoms with Crippen molar-refractivity contribution in [2.45, 2.75) is 38.1 Å². The number of benzene rings is 1. The van der Waals surface area contributed by atoms with E-state index >= 15 is 0 Å². The number of hydrogen-bond acceptors (Lipinski definition) is 4. The van der Waals surface area contributed by atoms with Crippen LogP contribution in [0.3, 0.4) is 0 Å². The summed E-state index contributed by atoms with van der Waals surface area (Å²) < 4.78 is 0. The molecule has 19 heavy (non-hydrogen) atoms. The Morgan fingerprint density at radius 2 is 1.68 bits per heavy atom. The Morgan fingerprint density at radius 1 is 1.00 bits per heavy atom. The van der Waals surface area contributed by atoms with E-state index in [9.17, 15) is 9.59 Å². The van der Waals surface area contributed by atoms with Gasteiger partial charge in [0.25, 0.3) is 0 Å². The van der Waals surface area contributed by atoms with Gasteiger partial charge in [0.15, 0.2) is 0 Å². The van der Waals surface area contributed by atoms with Crippen molar-refractivity contribution in [1.29, 1.82) is 0 Å². The first-order valence-corrected chi connectivity index (χ1v) is 6.55. The van der Waals surface area contributed by atoms with Crippen molar-refractivity contribution in [3.63, 3.8) is 0 Å². The Morgan fingerprint density at radius 3 is 2.26 bits per heavy atom. The average molecular weight is 256 g/mol. The van der Waals surface area contributed by atoms with Crippen LogP contribution in [-0.2, 0) is 16.0 Å². The number of aliphatic imine (C=N–C) groups is 2. The summed E-state index contributed by atoms with van der Waals surface area (Å²) in [5.74, 6) is 0.651. The predicted molar refractivity (Wildman–Crippen MR) is 71.8 cm³/mol.